The standard InChI is InChI=1S/C22H24BrN5O3/c1-14-11-16(7-8-17(14)23)26-18(29)13-27-20-19(24-9-10-25-20)21(30)28(22(27)31)12-15-5-3-2-4-6-15/h2-8,11,19-20,24-25H,9-10,12-13H2,1H3,(H,26,29). The van der Waals surface area contributed by atoms with Crippen molar-refractivity contribution in [1.29, 1.82) is 0 Å². The van der Waals surface area contributed by atoms with Gasteiger partial charge in [-0.1, -0.05) is 46.3 Å². The van der Waals surface area contributed by atoms with Gasteiger partial charge in [-0.2, -0.15) is 0 Å². The summed E-state index contributed by atoms with van der Waals surface area (Å²) >= 11 is 3.44. The first kappa shape index (κ1) is 21.5. The van der Waals surface area contributed by atoms with Crippen molar-refractivity contribution in [2.45, 2.75) is 25.7 Å². The zero-order valence-electron chi connectivity index (χ0n) is 17.1. The lowest BCUT2D eigenvalue weighted by molar-refractivity contribution is -0.139. The van der Waals surface area contributed by atoms with Gasteiger partial charge in [-0.15, -0.1) is 0 Å². The summed E-state index contributed by atoms with van der Waals surface area (Å²) in [5, 5.41) is 9.24. The molecule has 8 nitrogen and oxygen atoms in total. The second-order valence-corrected chi connectivity index (χ2v) is 8.52. The van der Waals surface area contributed by atoms with E-state index in [-0.39, 0.29) is 24.9 Å². The van der Waals surface area contributed by atoms with Gasteiger partial charge in [-0.05, 0) is 36.2 Å². The molecule has 3 N–H and O–H groups in total. The highest BCUT2D eigenvalue weighted by molar-refractivity contribution is 9.10. The summed E-state index contributed by atoms with van der Waals surface area (Å²) in [6.45, 7) is 3.14. The van der Waals surface area contributed by atoms with Gasteiger partial charge in [0.25, 0.3) is 5.91 Å². The van der Waals surface area contributed by atoms with Crippen LogP contribution in [0.3, 0.4) is 0 Å². The molecule has 2 atom stereocenters. The number of urea groups is 1. The molecule has 2 aliphatic rings. The molecule has 31 heavy (non-hydrogen) atoms. The van der Waals surface area contributed by atoms with E-state index in [1.54, 1.807) is 6.07 Å². The molecule has 2 aromatic carbocycles. The number of hydrogen-bond acceptors (Lipinski definition) is 5. The van der Waals surface area contributed by atoms with Crippen molar-refractivity contribution in [2.75, 3.05) is 25.0 Å². The third kappa shape index (κ3) is 4.63. The number of carbonyl (C=O) groups excluding carboxylic acids is 3. The van der Waals surface area contributed by atoms with Crippen molar-refractivity contribution < 1.29 is 14.4 Å². The van der Waals surface area contributed by atoms with Gasteiger partial charge in [-0.25, -0.2) is 4.79 Å². The topological polar surface area (TPSA) is 93.8 Å². The van der Waals surface area contributed by atoms with Crippen molar-refractivity contribution in [3.63, 3.8) is 0 Å². The van der Waals surface area contributed by atoms with Crippen LogP contribution in [-0.4, -0.2) is 59.5 Å². The second-order valence-electron chi connectivity index (χ2n) is 7.66. The summed E-state index contributed by atoms with van der Waals surface area (Å²) in [7, 11) is 0. The van der Waals surface area contributed by atoms with Crippen LogP contribution in [0.1, 0.15) is 11.1 Å². The van der Waals surface area contributed by atoms with Crippen LogP contribution < -0.4 is 16.0 Å². The number of aryl methyl sites for hydroxylation is 1. The molecule has 4 rings (SSSR count). The molecule has 0 saturated carbocycles. The predicted octanol–water partition coefficient (Wildman–Crippen LogP) is 2.05. The number of anilines is 1. The van der Waals surface area contributed by atoms with Crippen LogP contribution >= 0.6 is 15.9 Å². The molecule has 0 aliphatic carbocycles. The van der Waals surface area contributed by atoms with E-state index in [9.17, 15) is 14.4 Å². The molecular formula is C22H24BrN5O3. The van der Waals surface area contributed by atoms with Crippen molar-refractivity contribution >= 4 is 39.5 Å². The first-order valence-corrected chi connectivity index (χ1v) is 10.9. The number of amides is 4. The molecule has 2 saturated heterocycles. The maximum Gasteiger partial charge on any atom is 0.328 e. The molecule has 4 amide bonds. The molecule has 2 aliphatic heterocycles. The maximum absolute atomic E-state index is 13.3. The van der Waals surface area contributed by atoms with Gasteiger partial charge in [0, 0.05) is 23.2 Å². The van der Waals surface area contributed by atoms with E-state index in [2.05, 4.69) is 31.9 Å². The normalized spacial score (nSPS) is 21.1. The van der Waals surface area contributed by atoms with E-state index >= 15 is 0 Å². The highest BCUT2D eigenvalue weighted by Gasteiger charge is 2.47. The molecule has 9 heteroatoms. The Balaban J connectivity index is 1.53. The summed E-state index contributed by atoms with van der Waals surface area (Å²) in [5.41, 5.74) is 2.49. The number of imide groups is 1. The molecule has 0 bridgehead atoms. The average Bonchev–Trinajstić information content (AvgIpc) is 2.77. The van der Waals surface area contributed by atoms with E-state index in [0.29, 0.717) is 18.8 Å². The second kappa shape index (κ2) is 9.17. The number of piperazine rings is 1. The number of hydrogen-bond donors (Lipinski definition) is 3. The Bertz CT molecular complexity index is 1000. The van der Waals surface area contributed by atoms with Gasteiger partial charge in [0.2, 0.25) is 5.91 Å². The Morgan fingerprint density at radius 2 is 1.87 bits per heavy atom. The zero-order valence-corrected chi connectivity index (χ0v) is 18.7. The average molecular weight is 486 g/mol. The van der Waals surface area contributed by atoms with Crippen LogP contribution in [-0.2, 0) is 16.1 Å². The number of nitrogens with zero attached hydrogens (tertiary/aromatic N) is 2. The number of rotatable bonds is 5. The Morgan fingerprint density at radius 3 is 2.61 bits per heavy atom. The highest BCUT2D eigenvalue weighted by atomic mass is 79.9. The summed E-state index contributed by atoms with van der Waals surface area (Å²) in [5.74, 6) is -0.610. The molecule has 2 unspecified atom stereocenters. The Labute approximate surface area is 189 Å². The lowest BCUT2D eigenvalue weighted by atomic mass is 10.1. The minimum absolute atomic E-state index is 0.160. The third-order valence-corrected chi connectivity index (χ3v) is 6.33. The van der Waals surface area contributed by atoms with Gasteiger partial charge in [0.05, 0.1) is 6.54 Å². The van der Waals surface area contributed by atoms with Gasteiger partial charge in [0.15, 0.2) is 0 Å². The van der Waals surface area contributed by atoms with Crippen LogP contribution in [0, 0.1) is 6.92 Å². The van der Waals surface area contributed by atoms with Gasteiger partial charge in [-0.3, -0.25) is 24.7 Å². The van der Waals surface area contributed by atoms with Crippen LogP contribution in [0.2, 0.25) is 0 Å². The molecule has 0 radical (unpaired) electrons. The Morgan fingerprint density at radius 1 is 1.13 bits per heavy atom. The minimum Gasteiger partial charge on any atom is -0.325 e. The van der Waals surface area contributed by atoms with Gasteiger partial charge < -0.3 is 10.6 Å². The summed E-state index contributed by atoms with van der Waals surface area (Å²) in [6.07, 6.45) is -0.571. The van der Waals surface area contributed by atoms with Gasteiger partial charge >= 0.3 is 6.03 Å². The Kier molecular flexibility index (Phi) is 6.35. The summed E-state index contributed by atoms with van der Waals surface area (Å²) in [4.78, 5) is 41.7. The smallest absolute Gasteiger partial charge is 0.325 e. The fourth-order valence-corrected chi connectivity index (χ4v) is 4.13. The fraction of sp³-hybridized carbons (Fsp3) is 0.318. The SMILES string of the molecule is Cc1cc(NC(=O)CN2C(=O)N(Cc3ccccc3)C(=O)C3NCCNC32)ccc1Br. The van der Waals surface area contributed by atoms with E-state index in [4.69, 9.17) is 0 Å². The number of fused-ring (bicyclic) bond motifs is 1. The molecule has 2 aromatic rings. The summed E-state index contributed by atoms with van der Waals surface area (Å²) < 4.78 is 0.951. The van der Waals surface area contributed by atoms with E-state index < -0.39 is 18.2 Å². The van der Waals surface area contributed by atoms with Gasteiger partial charge in [0.1, 0.15) is 18.8 Å². The molecule has 0 aromatic heterocycles. The monoisotopic (exact) mass is 485 g/mol. The molecule has 0 spiro atoms. The maximum atomic E-state index is 13.3. The minimum atomic E-state index is -0.599. The summed E-state index contributed by atoms with van der Waals surface area (Å²) in [6, 6.07) is 13.8. The lowest BCUT2D eigenvalue weighted by Gasteiger charge is -2.47. The zero-order chi connectivity index (χ0) is 22.0. The number of carbonyl (C=O) groups is 3. The van der Waals surface area contributed by atoms with Crippen molar-refractivity contribution in [3.05, 3.63) is 64.1 Å². The number of halogens is 1. The molecule has 162 valence electrons. The van der Waals surface area contributed by atoms with Crippen LogP contribution in [0.5, 0.6) is 0 Å². The largest absolute Gasteiger partial charge is 0.328 e. The third-order valence-electron chi connectivity index (χ3n) is 5.44. The fourth-order valence-electron chi connectivity index (χ4n) is 3.88. The molecule has 2 fully saturated rings. The first-order valence-electron chi connectivity index (χ1n) is 10.1. The van der Waals surface area contributed by atoms with E-state index in [1.165, 1.54) is 9.80 Å². The number of nitrogens with one attached hydrogen (secondary N) is 3. The van der Waals surface area contributed by atoms with Crippen LogP contribution in [0.15, 0.2) is 53.0 Å². The van der Waals surface area contributed by atoms with Crippen LogP contribution in [0.4, 0.5) is 10.5 Å². The number of benzene rings is 2. The molecule has 2 heterocycles. The first-order chi connectivity index (χ1) is 14.9. The predicted molar refractivity (Wildman–Crippen MR) is 120 cm³/mol. The highest BCUT2D eigenvalue weighted by Crippen LogP contribution is 2.22. The van der Waals surface area contributed by atoms with Crippen molar-refractivity contribution in [1.82, 2.24) is 20.4 Å². The van der Waals surface area contributed by atoms with E-state index in [1.807, 2.05) is 49.4 Å². The van der Waals surface area contributed by atoms with Crippen molar-refractivity contribution in [3.8, 4) is 0 Å². The Hall–Kier alpha value is -2.75. The van der Waals surface area contributed by atoms with Crippen molar-refractivity contribution in [2.24, 2.45) is 0 Å². The lowest BCUT2D eigenvalue weighted by Crippen LogP contribution is -2.75. The van der Waals surface area contributed by atoms with Crippen LogP contribution in [0.25, 0.3) is 0 Å². The molecular weight excluding hydrogens is 462 g/mol. The quantitative estimate of drug-likeness (QED) is 0.602. The van der Waals surface area contributed by atoms with E-state index in [0.717, 1.165) is 15.6 Å².